The van der Waals surface area contributed by atoms with Gasteiger partial charge in [-0.15, -0.1) is 0 Å². The van der Waals surface area contributed by atoms with Crippen LogP contribution in [0.1, 0.15) is 25.7 Å². The third kappa shape index (κ3) is 3.55. The number of aliphatic carboxylic acids is 1. The summed E-state index contributed by atoms with van der Waals surface area (Å²) in [4.78, 5) is 14.6. The maximum absolute atomic E-state index is 12.4. The van der Waals surface area contributed by atoms with E-state index in [1.165, 1.54) is 16.7 Å². The molecule has 0 radical (unpaired) electrons. The van der Waals surface area contributed by atoms with Crippen LogP contribution in [0.4, 0.5) is 0 Å². The smallest absolute Gasteiger partial charge is 0.303 e. The lowest BCUT2D eigenvalue weighted by Gasteiger charge is -2.30. The SMILES string of the molecule is O=C(O)CCC1CCN(S(=O)(=O)c2cccnc2)CC1. The van der Waals surface area contributed by atoms with E-state index in [2.05, 4.69) is 4.98 Å². The fourth-order valence-electron chi connectivity index (χ4n) is 2.41. The molecule has 6 nitrogen and oxygen atoms in total. The van der Waals surface area contributed by atoms with Crippen molar-refractivity contribution in [2.75, 3.05) is 13.1 Å². The van der Waals surface area contributed by atoms with Crippen molar-refractivity contribution >= 4 is 16.0 Å². The summed E-state index contributed by atoms with van der Waals surface area (Å²) in [5.74, 6) is -0.498. The highest BCUT2D eigenvalue weighted by Gasteiger charge is 2.29. The first kappa shape index (κ1) is 14.9. The van der Waals surface area contributed by atoms with Crippen LogP contribution in [-0.2, 0) is 14.8 Å². The van der Waals surface area contributed by atoms with Gasteiger partial charge in [0.15, 0.2) is 0 Å². The van der Waals surface area contributed by atoms with Gasteiger partial charge in [0, 0.05) is 31.9 Å². The fourth-order valence-corrected chi connectivity index (χ4v) is 3.85. The summed E-state index contributed by atoms with van der Waals surface area (Å²) < 4.78 is 26.2. The second-order valence-corrected chi connectivity index (χ2v) is 6.91. The van der Waals surface area contributed by atoms with Crippen LogP contribution < -0.4 is 0 Å². The van der Waals surface area contributed by atoms with Crippen LogP contribution in [0.25, 0.3) is 0 Å². The Hall–Kier alpha value is -1.47. The van der Waals surface area contributed by atoms with Gasteiger partial charge < -0.3 is 5.11 Å². The van der Waals surface area contributed by atoms with Crippen molar-refractivity contribution in [3.63, 3.8) is 0 Å². The molecule has 0 bridgehead atoms. The van der Waals surface area contributed by atoms with Crippen LogP contribution in [0.3, 0.4) is 0 Å². The molecule has 1 aromatic rings. The van der Waals surface area contributed by atoms with Gasteiger partial charge in [-0.3, -0.25) is 9.78 Å². The molecule has 2 heterocycles. The van der Waals surface area contributed by atoms with E-state index in [4.69, 9.17) is 5.11 Å². The number of carbonyl (C=O) groups is 1. The third-order valence-corrected chi connectivity index (χ3v) is 5.49. The number of pyridine rings is 1. The Kier molecular flexibility index (Phi) is 4.72. The molecule has 1 aromatic heterocycles. The molecule has 0 aromatic carbocycles. The van der Waals surface area contributed by atoms with Gasteiger partial charge in [-0.2, -0.15) is 4.31 Å². The summed E-state index contributed by atoms with van der Waals surface area (Å²) in [7, 11) is -3.46. The average Bonchev–Trinajstić information content (AvgIpc) is 2.46. The zero-order chi connectivity index (χ0) is 14.6. The number of hydrogen-bond donors (Lipinski definition) is 1. The molecule has 2 rings (SSSR count). The van der Waals surface area contributed by atoms with E-state index in [0.29, 0.717) is 38.3 Å². The molecule has 7 heteroatoms. The Morgan fingerprint density at radius 1 is 1.40 bits per heavy atom. The van der Waals surface area contributed by atoms with E-state index in [9.17, 15) is 13.2 Å². The maximum atomic E-state index is 12.4. The Morgan fingerprint density at radius 3 is 2.65 bits per heavy atom. The minimum absolute atomic E-state index is 0.153. The summed E-state index contributed by atoms with van der Waals surface area (Å²) >= 11 is 0. The van der Waals surface area contributed by atoms with Crippen LogP contribution >= 0.6 is 0 Å². The minimum atomic E-state index is -3.46. The Balaban J connectivity index is 1.95. The predicted octanol–water partition coefficient (Wildman–Crippen LogP) is 1.35. The first-order valence-corrected chi connectivity index (χ1v) is 8.06. The number of hydrogen-bond acceptors (Lipinski definition) is 4. The quantitative estimate of drug-likeness (QED) is 0.886. The van der Waals surface area contributed by atoms with Gasteiger partial charge in [0.25, 0.3) is 0 Å². The topological polar surface area (TPSA) is 87.6 Å². The summed E-state index contributed by atoms with van der Waals surface area (Å²) in [5, 5.41) is 8.66. The van der Waals surface area contributed by atoms with Crippen LogP contribution in [0.15, 0.2) is 29.4 Å². The van der Waals surface area contributed by atoms with Gasteiger partial charge in [-0.05, 0) is 37.3 Å². The van der Waals surface area contributed by atoms with Gasteiger partial charge in [0.1, 0.15) is 4.90 Å². The highest BCUT2D eigenvalue weighted by atomic mass is 32.2. The molecular weight excluding hydrogens is 280 g/mol. The molecule has 1 fully saturated rings. The number of carboxylic acids is 1. The molecule has 0 amide bonds. The lowest BCUT2D eigenvalue weighted by molar-refractivity contribution is -0.137. The molecule has 0 unspecified atom stereocenters. The van der Waals surface area contributed by atoms with Crippen molar-refractivity contribution in [3.8, 4) is 0 Å². The molecule has 110 valence electrons. The van der Waals surface area contributed by atoms with Crippen LogP contribution in [0.2, 0.25) is 0 Å². The van der Waals surface area contributed by atoms with Crippen LogP contribution in [0, 0.1) is 5.92 Å². The van der Waals surface area contributed by atoms with E-state index in [-0.39, 0.29) is 11.3 Å². The third-order valence-electron chi connectivity index (χ3n) is 3.61. The summed E-state index contributed by atoms with van der Waals surface area (Å²) in [6.07, 6.45) is 5.10. The van der Waals surface area contributed by atoms with E-state index in [1.54, 1.807) is 12.1 Å². The van der Waals surface area contributed by atoms with Gasteiger partial charge >= 0.3 is 5.97 Å². The molecular formula is C13H18N2O4S. The van der Waals surface area contributed by atoms with Crippen molar-refractivity contribution in [2.24, 2.45) is 5.92 Å². The number of rotatable bonds is 5. The second kappa shape index (κ2) is 6.32. The first-order valence-electron chi connectivity index (χ1n) is 6.62. The Bertz CT molecular complexity index is 551. The number of aromatic nitrogens is 1. The molecule has 0 spiro atoms. The van der Waals surface area contributed by atoms with Crippen LogP contribution in [0.5, 0.6) is 0 Å². The minimum Gasteiger partial charge on any atom is -0.481 e. The van der Waals surface area contributed by atoms with Gasteiger partial charge in [0.05, 0.1) is 0 Å². The highest BCUT2D eigenvalue weighted by Crippen LogP contribution is 2.26. The summed E-state index contributed by atoms with van der Waals surface area (Å²) in [6, 6.07) is 3.14. The molecule has 0 atom stereocenters. The van der Waals surface area contributed by atoms with E-state index in [0.717, 1.165) is 0 Å². The molecule has 1 N–H and O–H groups in total. The van der Waals surface area contributed by atoms with Crippen LogP contribution in [-0.4, -0.2) is 41.9 Å². The number of sulfonamides is 1. The van der Waals surface area contributed by atoms with Crippen molar-refractivity contribution in [3.05, 3.63) is 24.5 Å². The Morgan fingerprint density at radius 2 is 2.10 bits per heavy atom. The molecule has 1 saturated heterocycles. The Labute approximate surface area is 118 Å². The number of nitrogens with zero attached hydrogens (tertiary/aromatic N) is 2. The lowest BCUT2D eigenvalue weighted by atomic mass is 9.93. The summed E-state index contributed by atoms with van der Waals surface area (Å²) in [5.41, 5.74) is 0. The predicted molar refractivity (Wildman–Crippen MR) is 72.6 cm³/mol. The van der Waals surface area contributed by atoms with Crippen molar-refractivity contribution in [1.82, 2.24) is 9.29 Å². The van der Waals surface area contributed by atoms with Crippen molar-refractivity contribution < 1.29 is 18.3 Å². The summed E-state index contributed by atoms with van der Waals surface area (Å²) in [6.45, 7) is 0.892. The molecule has 1 aliphatic rings. The average molecular weight is 298 g/mol. The van der Waals surface area contributed by atoms with Crippen molar-refractivity contribution in [1.29, 1.82) is 0 Å². The second-order valence-electron chi connectivity index (χ2n) is 4.97. The van der Waals surface area contributed by atoms with Gasteiger partial charge in [-0.25, -0.2) is 8.42 Å². The largest absolute Gasteiger partial charge is 0.481 e. The van der Waals surface area contributed by atoms with Gasteiger partial charge in [-0.1, -0.05) is 0 Å². The highest BCUT2D eigenvalue weighted by molar-refractivity contribution is 7.89. The van der Waals surface area contributed by atoms with Gasteiger partial charge in [0.2, 0.25) is 10.0 Å². The van der Waals surface area contributed by atoms with E-state index < -0.39 is 16.0 Å². The number of piperidine rings is 1. The zero-order valence-corrected chi connectivity index (χ0v) is 11.9. The molecule has 0 aliphatic carbocycles. The fraction of sp³-hybridized carbons (Fsp3) is 0.538. The van der Waals surface area contributed by atoms with Crippen molar-refractivity contribution in [2.45, 2.75) is 30.6 Å². The maximum Gasteiger partial charge on any atom is 0.303 e. The molecule has 1 aliphatic heterocycles. The first-order chi connectivity index (χ1) is 9.50. The standard InChI is InChI=1S/C13H18N2O4S/c16-13(17)4-3-11-5-8-15(9-6-11)20(18,19)12-2-1-7-14-10-12/h1-2,7,10-11H,3-6,8-9H2,(H,16,17). The molecule has 20 heavy (non-hydrogen) atoms. The lowest BCUT2D eigenvalue weighted by Crippen LogP contribution is -2.38. The van der Waals surface area contributed by atoms with E-state index >= 15 is 0 Å². The molecule has 0 saturated carbocycles. The zero-order valence-electron chi connectivity index (χ0n) is 11.1. The van der Waals surface area contributed by atoms with E-state index in [1.807, 2.05) is 0 Å². The monoisotopic (exact) mass is 298 g/mol. The number of carboxylic acid groups (broad SMARTS) is 1. The normalized spacial score (nSPS) is 18.0.